The predicted molar refractivity (Wildman–Crippen MR) is 150 cm³/mol. The van der Waals surface area contributed by atoms with Gasteiger partial charge in [-0.2, -0.15) is 4.90 Å². The standard InChI is InChI=1S/C32H42N4O2/c1-21-7-12-24(13-8-21)32(18-22-9-10-22)28(38)36(29(33)34-32)19-23-11-14-26(30(2,3)4)25(17-23)27(37)35-16-15-31(5,6)20-35/h7-8,11-14,17,22H,9-10,15-16,18-20H2,1-6H3,(H2,33,34)/p+1/t32-/m1/s1. The van der Waals surface area contributed by atoms with E-state index in [1.165, 1.54) is 0 Å². The maximum absolute atomic E-state index is 14.1. The summed E-state index contributed by atoms with van der Waals surface area (Å²) < 4.78 is 0. The summed E-state index contributed by atoms with van der Waals surface area (Å²) in [7, 11) is 0. The van der Waals surface area contributed by atoms with Crippen molar-refractivity contribution >= 4 is 17.8 Å². The number of hydrogen-bond donors (Lipinski definition) is 2. The zero-order valence-electron chi connectivity index (χ0n) is 23.9. The molecule has 2 amide bonds. The Labute approximate surface area is 227 Å². The zero-order valence-corrected chi connectivity index (χ0v) is 23.9. The van der Waals surface area contributed by atoms with Gasteiger partial charge in [-0.05, 0) is 47.3 Å². The molecule has 6 heteroatoms. The number of rotatable bonds is 6. The second kappa shape index (κ2) is 9.25. The van der Waals surface area contributed by atoms with Crippen LogP contribution >= 0.6 is 0 Å². The summed E-state index contributed by atoms with van der Waals surface area (Å²) in [5.74, 6) is 0.971. The molecule has 1 saturated carbocycles. The Morgan fingerprint density at radius 2 is 1.79 bits per heavy atom. The molecule has 1 atom stereocenters. The van der Waals surface area contributed by atoms with Crippen molar-refractivity contribution in [3.63, 3.8) is 0 Å². The number of hydrogen-bond acceptors (Lipinski definition) is 3. The SMILES string of the molecule is Cc1ccc([C@@]2(CC3CC3)[NH+]=C(N)N(Cc3ccc(C(C)(C)C)c(C(=O)N4CCC(C)(C)C4)c3)C2=O)cc1. The minimum Gasteiger partial charge on any atom is -0.338 e. The number of benzene rings is 2. The molecule has 0 unspecified atom stereocenters. The van der Waals surface area contributed by atoms with Crippen molar-refractivity contribution in [1.29, 1.82) is 0 Å². The van der Waals surface area contributed by atoms with Crippen LogP contribution in [0, 0.1) is 18.3 Å². The second-order valence-electron chi connectivity index (χ2n) is 13.6. The first-order chi connectivity index (χ1) is 17.8. The summed E-state index contributed by atoms with van der Waals surface area (Å²) in [4.78, 5) is 34.9. The van der Waals surface area contributed by atoms with Gasteiger partial charge in [0, 0.05) is 30.6 Å². The molecule has 6 nitrogen and oxygen atoms in total. The van der Waals surface area contributed by atoms with Crippen LogP contribution < -0.4 is 10.7 Å². The molecule has 2 aromatic carbocycles. The highest BCUT2D eigenvalue weighted by Gasteiger charge is 2.55. The molecule has 0 aromatic heterocycles. The topological polar surface area (TPSA) is 80.6 Å². The van der Waals surface area contributed by atoms with Crippen LogP contribution in [0.2, 0.25) is 0 Å². The minimum absolute atomic E-state index is 0.0141. The van der Waals surface area contributed by atoms with Crippen molar-refractivity contribution in [2.24, 2.45) is 17.1 Å². The predicted octanol–water partition coefficient (Wildman–Crippen LogP) is 3.60. The van der Waals surface area contributed by atoms with Gasteiger partial charge >= 0.3 is 11.9 Å². The van der Waals surface area contributed by atoms with Gasteiger partial charge in [0.2, 0.25) is 5.54 Å². The first-order valence-corrected chi connectivity index (χ1v) is 14.0. The summed E-state index contributed by atoms with van der Waals surface area (Å²) in [5.41, 5.74) is 10.4. The van der Waals surface area contributed by atoms with Gasteiger partial charge < -0.3 is 4.90 Å². The minimum atomic E-state index is -0.843. The molecule has 2 aromatic rings. The Morgan fingerprint density at radius 1 is 1.11 bits per heavy atom. The molecule has 0 spiro atoms. The highest BCUT2D eigenvalue weighted by molar-refractivity contribution is 6.02. The summed E-state index contributed by atoms with van der Waals surface area (Å²) in [6, 6.07) is 14.3. The third kappa shape index (κ3) is 4.97. The molecule has 1 aliphatic carbocycles. The van der Waals surface area contributed by atoms with Gasteiger partial charge in [0.05, 0.1) is 0 Å². The van der Waals surface area contributed by atoms with Gasteiger partial charge in [-0.3, -0.25) is 20.3 Å². The molecule has 2 heterocycles. The molecular formula is C32H43N4O2+. The lowest BCUT2D eigenvalue weighted by molar-refractivity contribution is -0.541. The van der Waals surface area contributed by atoms with Gasteiger partial charge in [-0.15, -0.1) is 0 Å². The van der Waals surface area contributed by atoms with E-state index in [0.29, 0.717) is 18.4 Å². The molecule has 202 valence electrons. The van der Waals surface area contributed by atoms with Crippen molar-refractivity contribution in [1.82, 2.24) is 9.80 Å². The molecule has 5 rings (SSSR count). The molecular weight excluding hydrogens is 472 g/mol. The van der Waals surface area contributed by atoms with Gasteiger partial charge in [0.15, 0.2) is 0 Å². The lowest BCUT2D eigenvalue weighted by Crippen LogP contribution is -2.85. The van der Waals surface area contributed by atoms with Crippen molar-refractivity contribution < 1.29 is 14.6 Å². The van der Waals surface area contributed by atoms with Crippen molar-refractivity contribution in [3.05, 3.63) is 70.3 Å². The van der Waals surface area contributed by atoms with E-state index in [-0.39, 0.29) is 22.6 Å². The molecule has 0 radical (unpaired) electrons. The first kappa shape index (κ1) is 26.5. The molecule has 3 N–H and O–H groups in total. The maximum Gasteiger partial charge on any atom is 0.352 e. The van der Waals surface area contributed by atoms with E-state index in [1.54, 1.807) is 4.90 Å². The van der Waals surface area contributed by atoms with E-state index in [1.807, 2.05) is 29.2 Å². The number of carbonyl (C=O) groups is 2. The maximum atomic E-state index is 14.1. The zero-order chi connectivity index (χ0) is 27.5. The van der Waals surface area contributed by atoms with E-state index >= 15 is 0 Å². The highest BCUT2D eigenvalue weighted by Crippen LogP contribution is 2.41. The van der Waals surface area contributed by atoms with Crippen molar-refractivity contribution in [2.75, 3.05) is 13.1 Å². The molecule has 1 saturated heterocycles. The molecule has 2 aliphatic heterocycles. The van der Waals surface area contributed by atoms with Gasteiger partial charge in [-0.1, -0.05) is 89.4 Å². The lowest BCUT2D eigenvalue weighted by atomic mass is 9.82. The average Bonchev–Trinajstić information content (AvgIpc) is 3.54. The van der Waals surface area contributed by atoms with Crippen LogP contribution in [0.1, 0.15) is 92.9 Å². The fraction of sp³-hybridized carbons (Fsp3) is 0.531. The number of aryl methyl sites for hydroxylation is 1. The van der Waals surface area contributed by atoms with Crippen molar-refractivity contribution in [3.8, 4) is 0 Å². The van der Waals surface area contributed by atoms with Crippen molar-refractivity contribution in [2.45, 2.75) is 84.7 Å². The van der Waals surface area contributed by atoms with Gasteiger partial charge in [-0.25, -0.2) is 0 Å². The molecule has 38 heavy (non-hydrogen) atoms. The normalized spacial score (nSPS) is 23.2. The van der Waals surface area contributed by atoms with Crippen LogP contribution in [0.3, 0.4) is 0 Å². The first-order valence-electron chi connectivity index (χ1n) is 14.0. The number of nitrogens with one attached hydrogen (secondary N) is 1. The smallest absolute Gasteiger partial charge is 0.338 e. The van der Waals surface area contributed by atoms with Gasteiger partial charge in [0.1, 0.15) is 6.54 Å². The number of nitrogens with two attached hydrogens (primary N) is 1. The number of nitrogens with zero attached hydrogens (tertiary/aromatic N) is 2. The van der Waals surface area contributed by atoms with Crippen LogP contribution in [0.5, 0.6) is 0 Å². The number of carbonyl (C=O) groups excluding carboxylic acids is 2. The Kier molecular flexibility index (Phi) is 6.44. The molecule has 0 bridgehead atoms. The van der Waals surface area contributed by atoms with Gasteiger partial charge in [0.25, 0.3) is 5.91 Å². The third-order valence-electron chi connectivity index (χ3n) is 8.51. The summed E-state index contributed by atoms with van der Waals surface area (Å²) in [6.07, 6.45) is 4.04. The Bertz CT molecular complexity index is 1280. The van der Waals surface area contributed by atoms with E-state index in [0.717, 1.165) is 66.6 Å². The fourth-order valence-electron chi connectivity index (χ4n) is 6.04. The van der Waals surface area contributed by atoms with Crippen LogP contribution in [-0.2, 0) is 22.3 Å². The van der Waals surface area contributed by atoms with E-state index in [4.69, 9.17) is 5.73 Å². The number of likely N-dealkylation sites (tertiary alicyclic amines) is 1. The monoisotopic (exact) mass is 515 g/mol. The average molecular weight is 516 g/mol. The fourth-order valence-corrected chi connectivity index (χ4v) is 6.04. The summed E-state index contributed by atoms with van der Waals surface area (Å²) in [6.45, 7) is 14.8. The van der Waals surface area contributed by atoms with Crippen LogP contribution in [-0.4, -0.2) is 40.7 Å². The quantitative estimate of drug-likeness (QED) is 0.617. The van der Waals surface area contributed by atoms with Crippen LogP contribution in [0.4, 0.5) is 0 Å². The molecule has 2 fully saturated rings. The summed E-state index contributed by atoms with van der Waals surface area (Å²) in [5, 5.41) is 0. The Hall–Kier alpha value is -3.15. The lowest BCUT2D eigenvalue weighted by Gasteiger charge is -2.27. The third-order valence-corrected chi connectivity index (χ3v) is 8.51. The second-order valence-corrected chi connectivity index (χ2v) is 13.6. The van der Waals surface area contributed by atoms with Crippen LogP contribution in [0.25, 0.3) is 0 Å². The Morgan fingerprint density at radius 3 is 2.37 bits per heavy atom. The van der Waals surface area contributed by atoms with E-state index < -0.39 is 5.54 Å². The molecule has 3 aliphatic rings. The number of guanidine groups is 1. The van der Waals surface area contributed by atoms with Crippen LogP contribution in [0.15, 0.2) is 42.5 Å². The largest absolute Gasteiger partial charge is 0.352 e. The highest BCUT2D eigenvalue weighted by atomic mass is 16.2. The van der Waals surface area contributed by atoms with E-state index in [2.05, 4.69) is 64.7 Å². The summed E-state index contributed by atoms with van der Waals surface area (Å²) >= 11 is 0. The Balaban J connectivity index is 1.46. The van der Waals surface area contributed by atoms with E-state index in [9.17, 15) is 9.59 Å². The number of amides is 2.